The molecule has 2 rings (SSSR count). The van der Waals surface area contributed by atoms with Crippen molar-refractivity contribution < 1.29 is 18.3 Å². The number of nitrogens with zero attached hydrogens (tertiary/aromatic N) is 3. The Hall–Kier alpha value is -2.84. The van der Waals surface area contributed by atoms with Crippen molar-refractivity contribution >= 4 is 11.8 Å². The lowest BCUT2D eigenvalue weighted by atomic mass is 10.2. The van der Waals surface area contributed by atoms with Crippen LogP contribution < -0.4 is 10.9 Å². The predicted molar refractivity (Wildman–Crippen MR) is 81.8 cm³/mol. The van der Waals surface area contributed by atoms with E-state index in [9.17, 15) is 18.4 Å². The molecule has 0 fully saturated rings. The van der Waals surface area contributed by atoms with Gasteiger partial charge in [0, 0.05) is 25.5 Å². The summed E-state index contributed by atoms with van der Waals surface area (Å²) in [6, 6.07) is 4.20. The summed E-state index contributed by atoms with van der Waals surface area (Å²) in [6.45, 7) is 0.539. The Labute approximate surface area is 136 Å². The number of carbonyl (C=O) groups is 1. The molecule has 0 unspecified atom stereocenters. The number of esters is 1. The van der Waals surface area contributed by atoms with Gasteiger partial charge in [-0.15, -0.1) is 0 Å². The van der Waals surface area contributed by atoms with Gasteiger partial charge in [-0.05, 0) is 12.1 Å². The zero-order valence-corrected chi connectivity index (χ0v) is 12.9. The molecular formula is C15H16F2N4O3. The number of nitrogens with one attached hydrogen (secondary N) is 1. The van der Waals surface area contributed by atoms with Gasteiger partial charge in [-0.25, -0.2) is 4.98 Å². The van der Waals surface area contributed by atoms with Gasteiger partial charge in [0.1, 0.15) is 12.3 Å². The fourth-order valence-electron chi connectivity index (χ4n) is 1.90. The minimum absolute atomic E-state index is 0.00277. The van der Waals surface area contributed by atoms with Gasteiger partial charge >= 0.3 is 11.9 Å². The molecule has 0 aliphatic heterocycles. The van der Waals surface area contributed by atoms with Gasteiger partial charge in [0.05, 0.1) is 13.1 Å². The molecule has 2 aromatic heterocycles. The first kappa shape index (κ1) is 17.5. The summed E-state index contributed by atoms with van der Waals surface area (Å²) in [7, 11) is 0. The molecule has 128 valence electrons. The van der Waals surface area contributed by atoms with Crippen LogP contribution in [0.4, 0.5) is 14.6 Å². The second-order valence-corrected chi connectivity index (χ2v) is 4.89. The highest BCUT2D eigenvalue weighted by atomic mass is 19.3. The van der Waals surface area contributed by atoms with Crippen molar-refractivity contribution in [3.8, 4) is 0 Å². The van der Waals surface area contributed by atoms with Crippen LogP contribution in [0, 0.1) is 0 Å². The van der Waals surface area contributed by atoms with Crippen molar-refractivity contribution in [2.75, 3.05) is 18.5 Å². The smallest absolute Gasteiger partial charge is 0.306 e. The number of anilines is 1. The van der Waals surface area contributed by atoms with Crippen LogP contribution in [-0.2, 0) is 22.0 Å². The lowest BCUT2D eigenvalue weighted by Gasteiger charge is -2.16. The van der Waals surface area contributed by atoms with E-state index in [1.165, 1.54) is 48.3 Å². The van der Waals surface area contributed by atoms with Crippen LogP contribution in [0.5, 0.6) is 0 Å². The van der Waals surface area contributed by atoms with E-state index in [2.05, 4.69) is 15.3 Å². The summed E-state index contributed by atoms with van der Waals surface area (Å²) < 4.78 is 34.1. The standard InChI is InChI=1S/C15H16F2N4O3/c1-11(22)24-9-8-21-7-6-19-13(14(21)23)20-10-15(16,17)12-4-2-3-5-18-12/h2-7H,8-10H2,1H3,(H,19,20). The highest BCUT2D eigenvalue weighted by molar-refractivity contribution is 5.65. The van der Waals surface area contributed by atoms with Gasteiger partial charge in [-0.3, -0.25) is 14.6 Å². The topological polar surface area (TPSA) is 86.1 Å². The molecule has 0 saturated heterocycles. The van der Waals surface area contributed by atoms with Crippen molar-refractivity contribution in [3.63, 3.8) is 0 Å². The first-order valence-electron chi connectivity index (χ1n) is 7.12. The molecule has 2 heterocycles. The number of carbonyl (C=O) groups excluding carboxylic acids is 1. The molecule has 0 amide bonds. The maximum Gasteiger partial charge on any atom is 0.306 e. The number of alkyl halides is 2. The van der Waals surface area contributed by atoms with Crippen LogP contribution in [0.1, 0.15) is 12.6 Å². The van der Waals surface area contributed by atoms with E-state index in [0.29, 0.717) is 0 Å². The van der Waals surface area contributed by atoms with Crippen LogP contribution in [0.2, 0.25) is 0 Å². The Morgan fingerprint density at radius 2 is 2.12 bits per heavy atom. The van der Waals surface area contributed by atoms with E-state index in [1.807, 2.05) is 0 Å². The Balaban J connectivity index is 2.05. The molecule has 0 atom stereocenters. The third-order valence-electron chi connectivity index (χ3n) is 3.07. The molecule has 2 aromatic rings. The van der Waals surface area contributed by atoms with Crippen molar-refractivity contribution in [2.24, 2.45) is 0 Å². The number of hydrogen-bond donors (Lipinski definition) is 1. The molecule has 0 spiro atoms. The summed E-state index contributed by atoms with van der Waals surface area (Å²) in [5.74, 6) is -3.94. The fraction of sp³-hybridized carbons (Fsp3) is 0.333. The highest BCUT2D eigenvalue weighted by Crippen LogP contribution is 2.25. The van der Waals surface area contributed by atoms with E-state index >= 15 is 0 Å². The molecule has 0 aromatic carbocycles. The van der Waals surface area contributed by atoms with Crippen molar-refractivity contribution in [1.82, 2.24) is 14.5 Å². The summed E-state index contributed by atoms with van der Waals surface area (Å²) in [4.78, 5) is 30.2. The molecule has 1 N–H and O–H groups in total. The molecule has 0 aliphatic rings. The number of ether oxygens (including phenoxy) is 1. The predicted octanol–water partition coefficient (Wildman–Crippen LogP) is 1.41. The number of pyridine rings is 1. The van der Waals surface area contributed by atoms with Crippen LogP contribution in [-0.4, -0.2) is 33.7 Å². The Morgan fingerprint density at radius 3 is 2.79 bits per heavy atom. The summed E-state index contributed by atoms with van der Waals surface area (Å²) in [6.07, 6.45) is 3.95. The first-order valence-corrected chi connectivity index (χ1v) is 7.12. The van der Waals surface area contributed by atoms with E-state index in [4.69, 9.17) is 4.74 Å². The number of hydrogen-bond acceptors (Lipinski definition) is 6. The Morgan fingerprint density at radius 1 is 1.33 bits per heavy atom. The highest BCUT2D eigenvalue weighted by Gasteiger charge is 2.33. The maximum atomic E-state index is 14.0. The van der Waals surface area contributed by atoms with Crippen molar-refractivity contribution in [3.05, 3.63) is 52.8 Å². The van der Waals surface area contributed by atoms with Gasteiger partial charge < -0.3 is 14.6 Å². The Bertz CT molecular complexity index is 750. The minimum atomic E-state index is -3.26. The molecule has 9 heteroatoms. The van der Waals surface area contributed by atoms with Crippen LogP contribution in [0.3, 0.4) is 0 Å². The van der Waals surface area contributed by atoms with Gasteiger partial charge in [0.15, 0.2) is 5.82 Å². The lowest BCUT2D eigenvalue weighted by Crippen LogP contribution is -2.31. The van der Waals surface area contributed by atoms with Crippen molar-refractivity contribution in [2.45, 2.75) is 19.4 Å². The normalized spacial score (nSPS) is 11.1. The third kappa shape index (κ3) is 4.58. The molecule has 7 nitrogen and oxygen atoms in total. The second-order valence-electron chi connectivity index (χ2n) is 4.89. The van der Waals surface area contributed by atoms with E-state index < -0.39 is 29.7 Å². The van der Waals surface area contributed by atoms with Gasteiger partial charge in [0.25, 0.3) is 5.56 Å². The zero-order chi connectivity index (χ0) is 17.6. The third-order valence-corrected chi connectivity index (χ3v) is 3.07. The van der Waals surface area contributed by atoms with Crippen LogP contribution in [0.15, 0.2) is 41.6 Å². The maximum absolute atomic E-state index is 14.0. The second kappa shape index (κ2) is 7.62. The Kier molecular flexibility index (Phi) is 5.56. The lowest BCUT2D eigenvalue weighted by molar-refractivity contribution is -0.141. The number of aromatic nitrogens is 3. The number of rotatable bonds is 7. The SMILES string of the molecule is CC(=O)OCCn1ccnc(NCC(F)(F)c2ccccn2)c1=O. The average molecular weight is 338 g/mol. The summed E-state index contributed by atoms with van der Waals surface area (Å²) >= 11 is 0. The van der Waals surface area contributed by atoms with Gasteiger partial charge in [-0.2, -0.15) is 8.78 Å². The largest absolute Gasteiger partial charge is 0.464 e. The zero-order valence-electron chi connectivity index (χ0n) is 12.9. The van der Waals surface area contributed by atoms with Crippen molar-refractivity contribution in [1.29, 1.82) is 0 Å². The first-order chi connectivity index (χ1) is 11.4. The summed E-state index contributed by atoms with van der Waals surface area (Å²) in [5, 5.41) is 2.35. The fourth-order valence-corrected chi connectivity index (χ4v) is 1.90. The molecule has 0 aliphatic carbocycles. The molecule has 0 radical (unpaired) electrons. The minimum Gasteiger partial charge on any atom is -0.464 e. The molecular weight excluding hydrogens is 322 g/mol. The number of halogens is 2. The van der Waals surface area contributed by atoms with E-state index in [0.717, 1.165) is 0 Å². The monoisotopic (exact) mass is 338 g/mol. The van der Waals surface area contributed by atoms with Gasteiger partial charge in [-0.1, -0.05) is 6.07 Å². The quantitative estimate of drug-likeness (QED) is 0.768. The molecule has 24 heavy (non-hydrogen) atoms. The van der Waals surface area contributed by atoms with Crippen LogP contribution >= 0.6 is 0 Å². The molecule has 0 saturated carbocycles. The van der Waals surface area contributed by atoms with E-state index in [1.54, 1.807) is 0 Å². The van der Waals surface area contributed by atoms with E-state index in [-0.39, 0.29) is 19.0 Å². The average Bonchev–Trinajstić information content (AvgIpc) is 2.56. The van der Waals surface area contributed by atoms with Gasteiger partial charge in [0.2, 0.25) is 0 Å². The summed E-state index contributed by atoms with van der Waals surface area (Å²) in [5.41, 5.74) is -0.981. The van der Waals surface area contributed by atoms with Crippen LogP contribution in [0.25, 0.3) is 0 Å². The molecule has 0 bridgehead atoms.